The van der Waals surface area contributed by atoms with E-state index in [2.05, 4.69) is 10.6 Å². The van der Waals surface area contributed by atoms with E-state index < -0.39 is 35.7 Å². The maximum Gasteiger partial charge on any atom is 0.325 e. The second kappa shape index (κ2) is 7.37. The maximum atomic E-state index is 13.1. The number of aliphatic carboxylic acids is 1. The Balaban J connectivity index is 2.82. The molecule has 114 valence electrons. The number of nitrogens with one attached hydrogen (secondary N) is 2. The van der Waals surface area contributed by atoms with Gasteiger partial charge in [0.15, 0.2) is 0 Å². The average Bonchev–Trinajstić information content (AvgIpc) is 2.37. The van der Waals surface area contributed by atoms with Crippen LogP contribution >= 0.6 is 0 Å². The summed E-state index contributed by atoms with van der Waals surface area (Å²) in [5, 5.41) is 13.5. The summed E-state index contributed by atoms with van der Waals surface area (Å²) in [7, 11) is 0. The van der Waals surface area contributed by atoms with E-state index in [-0.39, 0.29) is 6.42 Å². The van der Waals surface area contributed by atoms with Gasteiger partial charge >= 0.3 is 5.97 Å². The number of carbonyl (C=O) groups excluding carboxylic acids is 2. The number of carboxylic acid groups (broad SMARTS) is 1. The molecule has 0 saturated heterocycles. The Bertz CT molecular complexity index is 548. The highest BCUT2D eigenvalue weighted by Crippen LogP contribution is 2.07. The topological polar surface area (TPSA) is 95.5 Å². The lowest BCUT2D eigenvalue weighted by Crippen LogP contribution is -2.51. The number of carboxylic acids is 1. The van der Waals surface area contributed by atoms with Crippen molar-refractivity contribution in [2.24, 2.45) is 0 Å². The maximum absolute atomic E-state index is 13.1. The summed E-state index contributed by atoms with van der Waals surface area (Å²) in [4.78, 5) is 33.9. The highest BCUT2D eigenvalue weighted by molar-refractivity contribution is 5.90. The van der Waals surface area contributed by atoms with Gasteiger partial charge in [-0.05, 0) is 24.6 Å². The van der Waals surface area contributed by atoms with Gasteiger partial charge in [-0.3, -0.25) is 14.4 Å². The summed E-state index contributed by atoms with van der Waals surface area (Å²) in [6.07, 6.45) is 0.0650. The summed E-state index contributed by atoms with van der Waals surface area (Å²) in [6, 6.07) is 3.58. The molecule has 1 rings (SSSR count). The van der Waals surface area contributed by atoms with Crippen LogP contribution in [0.3, 0.4) is 0 Å². The Morgan fingerprint density at radius 2 is 1.95 bits per heavy atom. The highest BCUT2D eigenvalue weighted by atomic mass is 19.1. The predicted octanol–water partition coefficient (Wildman–Crippen LogP) is 0.462. The van der Waals surface area contributed by atoms with Crippen molar-refractivity contribution in [3.8, 4) is 0 Å². The van der Waals surface area contributed by atoms with Crippen LogP contribution in [-0.2, 0) is 20.8 Å². The molecule has 0 aliphatic rings. The van der Waals surface area contributed by atoms with E-state index in [1.165, 1.54) is 32.0 Å². The van der Waals surface area contributed by atoms with Gasteiger partial charge < -0.3 is 15.7 Å². The van der Waals surface area contributed by atoms with Crippen molar-refractivity contribution in [2.75, 3.05) is 0 Å². The lowest BCUT2D eigenvalue weighted by atomic mass is 10.0. The van der Waals surface area contributed by atoms with Gasteiger partial charge in [0.25, 0.3) is 0 Å². The predicted molar refractivity (Wildman–Crippen MR) is 72.9 cm³/mol. The molecule has 0 bridgehead atoms. The lowest BCUT2D eigenvalue weighted by Gasteiger charge is -2.19. The zero-order valence-electron chi connectivity index (χ0n) is 11.7. The second-order valence-electron chi connectivity index (χ2n) is 4.66. The summed E-state index contributed by atoms with van der Waals surface area (Å²) in [5.41, 5.74) is 0.520. The Morgan fingerprint density at radius 3 is 2.48 bits per heavy atom. The van der Waals surface area contributed by atoms with Gasteiger partial charge in [0.05, 0.1) is 0 Å². The van der Waals surface area contributed by atoms with Crippen molar-refractivity contribution >= 4 is 17.8 Å². The van der Waals surface area contributed by atoms with E-state index in [0.29, 0.717) is 5.56 Å². The minimum absolute atomic E-state index is 0.0650. The van der Waals surface area contributed by atoms with Crippen LogP contribution in [-0.4, -0.2) is 35.0 Å². The normalized spacial score (nSPS) is 13.1. The first-order chi connectivity index (χ1) is 9.79. The zero-order valence-corrected chi connectivity index (χ0v) is 11.7. The van der Waals surface area contributed by atoms with Crippen molar-refractivity contribution in [2.45, 2.75) is 32.4 Å². The second-order valence-corrected chi connectivity index (χ2v) is 4.66. The van der Waals surface area contributed by atoms with Crippen LogP contribution in [0.15, 0.2) is 24.3 Å². The Hall–Kier alpha value is -2.44. The summed E-state index contributed by atoms with van der Waals surface area (Å²) in [5.74, 6) is -2.71. The van der Waals surface area contributed by atoms with Crippen molar-refractivity contribution in [1.82, 2.24) is 10.6 Å². The smallest absolute Gasteiger partial charge is 0.325 e. The third-order valence-corrected chi connectivity index (χ3v) is 2.75. The van der Waals surface area contributed by atoms with Gasteiger partial charge in [0.2, 0.25) is 11.8 Å². The van der Waals surface area contributed by atoms with E-state index in [4.69, 9.17) is 5.11 Å². The number of amides is 2. The Kier molecular flexibility index (Phi) is 5.83. The molecule has 0 fully saturated rings. The van der Waals surface area contributed by atoms with Crippen LogP contribution in [0, 0.1) is 5.82 Å². The largest absolute Gasteiger partial charge is 0.480 e. The molecule has 3 N–H and O–H groups in total. The van der Waals surface area contributed by atoms with E-state index in [0.717, 1.165) is 0 Å². The molecule has 0 spiro atoms. The Labute approximate surface area is 121 Å². The Morgan fingerprint density at radius 1 is 1.29 bits per heavy atom. The molecular weight excluding hydrogens is 279 g/mol. The van der Waals surface area contributed by atoms with Gasteiger partial charge in [-0.15, -0.1) is 0 Å². The minimum Gasteiger partial charge on any atom is -0.480 e. The van der Waals surface area contributed by atoms with Crippen LogP contribution in [0.1, 0.15) is 19.4 Å². The zero-order chi connectivity index (χ0) is 16.0. The van der Waals surface area contributed by atoms with Crippen molar-refractivity contribution in [3.05, 3.63) is 35.6 Å². The third-order valence-electron chi connectivity index (χ3n) is 2.75. The van der Waals surface area contributed by atoms with Crippen molar-refractivity contribution < 1.29 is 23.9 Å². The molecule has 0 aromatic heterocycles. The summed E-state index contributed by atoms with van der Waals surface area (Å²) < 4.78 is 13.1. The first-order valence-corrected chi connectivity index (χ1v) is 6.34. The van der Waals surface area contributed by atoms with Gasteiger partial charge in [0, 0.05) is 13.3 Å². The van der Waals surface area contributed by atoms with Crippen molar-refractivity contribution in [1.29, 1.82) is 0 Å². The van der Waals surface area contributed by atoms with E-state index in [9.17, 15) is 18.8 Å². The quantitative estimate of drug-likeness (QED) is 0.711. The van der Waals surface area contributed by atoms with Crippen LogP contribution in [0.2, 0.25) is 0 Å². The molecule has 0 aliphatic carbocycles. The molecule has 2 amide bonds. The highest BCUT2D eigenvalue weighted by Gasteiger charge is 2.23. The minimum atomic E-state index is -1.18. The van der Waals surface area contributed by atoms with Crippen LogP contribution in [0.5, 0.6) is 0 Å². The average molecular weight is 296 g/mol. The fourth-order valence-electron chi connectivity index (χ4n) is 1.73. The number of rotatable bonds is 6. The van der Waals surface area contributed by atoms with Crippen molar-refractivity contribution in [3.63, 3.8) is 0 Å². The SMILES string of the molecule is CC(=O)N[C@H](Cc1cccc(F)c1)C(=O)N[C@@H](C)C(=O)O. The summed E-state index contributed by atoms with van der Waals surface area (Å²) in [6.45, 7) is 2.56. The first kappa shape index (κ1) is 16.6. The number of hydrogen-bond acceptors (Lipinski definition) is 3. The van der Waals surface area contributed by atoms with Crippen LogP contribution in [0.25, 0.3) is 0 Å². The fourth-order valence-corrected chi connectivity index (χ4v) is 1.73. The molecule has 7 heteroatoms. The number of halogens is 1. The first-order valence-electron chi connectivity index (χ1n) is 6.34. The standard InChI is InChI=1S/C14H17FN2O4/c1-8(14(20)21)16-13(19)12(17-9(2)18)7-10-4-3-5-11(15)6-10/h3-6,8,12H,7H2,1-2H3,(H,16,19)(H,17,18)(H,20,21)/t8-,12+/m0/s1. The molecular formula is C14H17FN2O4. The molecule has 0 aliphatic heterocycles. The van der Waals surface area contributed by atoms with Crippen LogP contribution < -0.4 is 10.6 Å². The molecule has 0 radical (unpaired) electrons. The van der Waals surface area contributed by atoms with Gasteiger partial charge in [-0.25, -0.2) is 4.39 Å². The molecule has 6 nitrogen and oxygen atoms in total. The lowest BCUT2D eigenvalue weighted by molar-refractivity contribution is -0.141. The van der Waals surface area contributed by atoms with Crippen LogP contribution in [0.4, 0.5) is 4.39 Å². The molecule has 21 heavy (non-hydrogen) atoms. The van der Waals surface area contributed by atoms with E-state index >= 15 is 0 Å². The van der Waals surface area contributed by atoms with Gasteiger partial charge in [0.1, 0.15) is 17.9 Å². The van der Waals surface area contributed by atoms with Gasteiger partial charge in [-0.2, -0.15) is 0 Å². The fraction of sp³-hybridized carbons (Fsp3) is 0.357. The third kappa shape index (κ3) is 5.60. The molecule has 0 unspecified atom stereocenters. The molecule has 0 saturated carbocycles. The molecule has 0 heterocycles. The van der Waals surface area contributed by atoms with E-state index in [1.54, 1.807) is 6.07 Å². The molecule has 1 aromatic carbocycles. The molecule has 1 aromatic rings. The monoisotopic (exact) mass is 296 g/mol. The summed E-state index contributed by atoms with van der Waals surface area (Å²) >= 11 is 0. The number of benzene rings is 1. The number of carbonyl (C=O) groups is 3. The number of hydrogen-bond donors (Lipinski definition) is 3. The van der Waals surface area contributed by atoms with Gasteiger partial charge in [-0.1, -0.05) is 12.1 Å². The molecule has 2 atom stereocenters. The van der Waals surface area contributed by atoms with E-state index in [1.807, 2.05) is 0 Å².